The predicted octanol–water partition coefficient (Wildman–Crippen LogP) is 12.0. The van der Waals surface area contributed by atoms with Gasteiger partial charge in [-0.25, -0.2) is 15.0 Å². The van der Waals surface area contributed by atoms with E-state index in [4.69, 9.17) is 23.2 Å². The molecule has 0 atom stereocenters. The van der Waals surface area contributed by atoms with Crippen molar-refractivity contribution in [3.05, 3.63) is 170 Å². The molecule has 4 nitrogen and oxygen atoms in total. The van der Waals surface area contributed by atoms with Gasteiger partial charge < -0.3 is 4.57 Å². The van der Waals surface area contributed by atoms with Gasteiger partial charge >= 0.3 is 0 Å². The van der Waals surface area contributed by atoms with Gasteiger partial charge in [0, 0.05) is 58.8 Å². The highest BCUT2D eigenvalue weighted by atomic mass is 32.1. The van der Waals surface area contributed by atoms with Crippen molar-refractivity contribution in [3.63, 3.8) is 0 Å². The zero-order valence-corrected chi connectivity index (χ0v) is 27.2. The number of rotatable bonds is 5. The van der Waals surface area contributed by atoms with Crippen molar-refractivity contribution in [1.29, 1.82) is 0 Å². The molecule has 0 aliphatic carbocycles. The fourth-order valence-electron chi connectivity index (χ4n) is 6.74. The minimum Gasteiger partial charge on any atom is -0.309 e. The lowest BCUT2D eigenvalue weighted by atomic mass is 9.98. The second kappa shape index (κ2) is 11.6. The van der Waals surface area contributed by atoms with E-state index < -0.39 is 0 Å². The highest BCUT2D eigenvalue weighted by Gasteiger charge is 2.20. The minimum atomic E-state index is -0.160. The molecule has 0 bridgehead atoms. The number of fused-ring (bicyclic) bond motifs is 6. The van der Waals surface area contributed by atoms with Gasteiger partial charge in [-0.15, -0.1) is 11.3 Å². The summed E-state index contributed by atoms with van der Waals surface area (Å²) < 4.78 is 57.3. The van der Waals surface area contributed by atoms with E-state index in [9.17, 15) is 0 Å². The van der Waals surface area contributed by atoms with E-state index in [1.807, 2.05) is 97.1 Å². The van der Waals surface area contributed by atoms with Crippen LogP contribution in [-0.4, -0.2) is 19.5 Å². The van der Waals surface area contributed by atoms with Crippen LogP contribution >= 0.6 is 11.3 Å². The average Bonchev–Trinajstić information content (AvgIpc) is 3.80. The Kier molecular flexibility index (Phi) is 5.35. The lowest BCUT2D eigenvalue weighted by Crippen LogP contribution is -2.02. The normalized spacial score (nSPS) is 13.3. The van der Waals surface area contributed by atoms with Crippen molar-refractivity contribution in [1.82, 2.24) is 19.5 Å². The molecule has 0 aliphatic heterocycles. The van der Waals surface area contributed by atoms with Crippen LogP contribution in [0.5, 0.6) is 0 Å². The summed E-state index contributed by atoms with van der Waals surface area (Å²) in [4.78, 5) is 14.9. The second-order valence-electron chi connectivity index (χ2n) is 11.9. The molecular formula is C45H28N4S. The van der Waals surface area contributed by atoms with Gasteiger partial charge in [0.05, 0.1) is 24.9 Å². The molecule has 0 spiro atoms. The van der Waals surface area contributed by atoms with Crippen LogP contribution in [-0.2, 0) is 0 Å². The SMILES string of the molecule is [2H]c1cc([2H])c2c(c1[2H])c1c([2H])c([2H])cc([2H])c1n2-c1ccc(-c2nc(-c3ccccc3)nc(-c3ccccc3)n2)cc1-c1cccc2c1sc1ccccc12. The molecule has 0 fully saturated rings. The smallest absolute Gasteiger partial charge is 0.164 e. The largest absolute Gasteiger partial charge is 0.309 e. The molecule has 5 heteroatoms. The molecule has 7 aromatic carbocycles. The fraction of sp³-hybridized carbons (Fsp3) is 0. The van der Waals surface area contributed by atoms with Crippen molar-refractivity contribution < 1.29 is 8.22 Å². The summed E-state index contributed by atoms with van der Waals surface area (Å²) in [7, 11) is 0. The molecule has 3 aromatic heterocycles. The molecule has 234 valence electrons. The monoisotopic (exact) mass is 662 g/mol. The van der Waals surface area contributed by atoms with Crippen LogP contribution in [0.2, 0.25) is 0 Å². The van der Waals surface area contributed by atoms with Gasteiger partial charge in [-0.2, -0.15) is 0 Å². The second-order valence-corrected chi connectivity index (χ2v) is 13.0. The number of benzene rings is 7. The molecule has 0 radical (unpaired) electrons. The molecule has 0 amide bonds. The quantitative estimate of drug-likeness (QED) is 0.184. The maximum absolute atomic E-state index is 9.17. The van der Waals surface area contributed by atoms with Gasteiger partial charge in [0.15, 0.2) is 17.5 Å². The van der Waals surface area contributed by atoms with Gasteiger partial charge in [0.1, 0.15) is 0 Å². The molecule has 0 saturated carbocycles. The molecular weight excluding hydrogens is 629 g/mol. The molecule has 50 heavy (non-hydrogen) atoms. The molecule has 10 aromatic rings. The summed E-state index contributed by atoms with van der Waals surface area (Å²) in [5.74, 6) is 1.50. The average molecular weight is 663 g/mol. The van der Waals surface area contributed by atoms with Gasteiger partial charge in [-0.3, -0.25) is 0 Å². The van der Waals surface area contributed by atoms with Gasteiger partial charge in [0.25, 0.3) is 0 Å². The Hall–Kier alpha value is -6.43. The summed E-state index contributed by atoms with van der Waals surface area (Å²) in [6.07, 6.45) is 0. The minimum absolute atomic E-state index is 0.0184. The Morgan fingerprint density at radius 3 is 1.70 bits per heavy atom. The first-order chi connectivity index (χ1) is 27.3. The lowest BCUT2D eigenvalue weighted by molar-refractivity contribution is 1.07. The zero-order chi connectivity index (χ0) is 38.2. The molecule has 0 unspecified atom stereocenters. The lowest BCUT2D eigenvalue weighted by Gasteiger charge is -2.17. The van der Waals surface area contributed by atoms with Crippen molar-refractivity contribution in [2.24, 2.45) is 0 Å². The van der Waals surface area contributed by atoms with Crippen LogP contribution in [0.3, 0.4) is 0 Å². The molecule has 10 rings (SSSR count). The third-order valence-electron chi connectivity index (χ3n) is 9.02. The number of nitrogens with zero attached hydrogens (tertiary/aromatic N) is 4. The van der Waals surface area contributed by atoms with E-state index in [1.165, 1.54) is 12.1 Å². The van der Waals surface area contributed by atoms with Gasteiger partial charge in [-0.05, 0) is 36.4 Å². The van der Waals surface area contributed by atoms with E-state index in [0.717, 1.165) is 42.4 Å². The fourth-order valence-corrected chi connectivity index (χ4v) is 7.97. The molecule has 0 N–H and O–H groups in total. The van der Waals surface area contributed by atoms with Crippen molar-refractivity contribution >= 4 is 53.3 Å². The van der Waals surface area contributed by atoms with Gasteiger partial charge in [-0.1, -0.05) is 133 Å². The number of hydrogen-bond acceptors (Lipinski definition) is 4. The van der Waals surface area contributed by atoms with E-state index >= 15 is 0 Å². The van der Waals surface area contributed by atoms with Crippen LogP contribution in [0.15, 0.2) is 170 Å². The maximum Gasteiger partial charge on any atom is 0.164 e. The number of thiophene rings is 1. The first-order valence-corrected chi connectivity index (χ1v) is 17.0. The summed E-state index contributed by atoms with van der Waals surface area (Å²) in [6, 6.07) is 41.9. The van der Waals surface area contributed by atoms with Crippen LogP contribution in [0, 0.1) is 0 Å². The van der Waals surface area contributed by atoms with Crippen LogP contribution in [0.25, 0.3) is 93.0 Å². The third kappa shape index (κ3) is 4.63. The van der Waals surface area contributed by atoms with Crippen molar-refractivity contribution in [2.45, 2.75) is 0 Å². The summed E-state index contributed by atoms with van der Waals surface area (Å²) in [5, 5.41) is 2.63. The molecule has 0 saturated heterocycles. The summed E-state index contributed by atoms with van der Waals surface area (Å²) >= 11 is 1.68. The number of para-hydroxylation sites is 2. The summed E-state index contributed by atoms with van der Waals surface area (Å²) in [6.45, 7) is 0. The van der Waals surface area contributed by atoms with E-state index in [2.05, 4.69) is 24.3 Å². The Bertz CT molecular complexity index is 3090. The highest BCUT2D eigenvalue weighted by Crippen LogP contribution is 2.44. The van der Waals surface area contributed by atoms with Crippen molar-refractivity contribution in [3.8, 4) is 51.0 Å². The molecule has 3 heterocycles. The van der Waals surface area contributed by atoms with Gasteiger partial charge in [0.2, 0.25) is 0 Å². The van der Waals surface area contributed by atoms with Crippen molar-refractivity contribution in [2.75, 3.05) is 0 Å². The first kappa shape index (κ1) is 23.0. The van der Waals surface area contributed by atoms with Crippen LogP contribution < -0.4 is 0 Å². The Morgan fingerprint density at radius 1 is 0.460 bits per heavy atom. The number of hydrogen-bond donors (Lipinski definition) is 0. The van der Waals surface area contributed by atoms with E-state index in [1.54, 1.807) is 15.9 Å². The third-order valence-corrected chi connectivity index (χ3v) is 10.2. The van der Waals surface area contributed by atoms with E-state index in [-0.39, 0.29) is 47.0 Å². The number of aromatic nitrogens is 4. The van der Waals surface area contributed by atoms with Crippen LogP contribution in [0.4, 0.5) is 0 Å². The first-order valence-electron chi connectivity index (χ1n) is 19.2. The van der Waals surface area contributed by atoms with Crippen LogP contribution in [0.1, 0.15) is 8.22 Å². The summed E-state index contributed by atoms with van der Waals surface area (Å²) in [5.41, 5.74) is 5.25. The highest BCUT2D eigenvalue weighted by molar-refractivity contribution is 7.26. The zero-order valence-electron chi connectivity index (χ0n) is 32.4. The Labute approximate surface area is 301 Å². The predicted molar refractivity (Wildman–Crippen MR) is 209 cm³/mol. The standard InChI is InChI=1S/C45H28N4S/c1-3-14-29(15-4-1)43-46-44(30-16-5-2-6-17-30)48-45(47-43)31-26-27-40(49-38-23-10-7-18-32(38)33-19-8-11-24-39(33)49)37(28-31)36-22-13-21-35-34-20-9-12-25-41(34)50-42(35)36/h1-28H/i7D,8D,18D,19D,23D,24D. The van der Waals surface area contributed by atoms with E-state index in [0.29, 0.717) is 39.8 Å². The molecule has 0 aliphatic rings. The maximum atomic E-state index is 9.17. The Balaban J connectivity index is 1.33. The Morgan fingerprint density at radius 2 is 1.04 bits per heavy atom. The topological polar surface area (TPSA) is 43.6 Å².